The van der Waals surface area contributed by atoms with Crippen molar-refractivity contribution in [2.24, 2.45) is 0 Å². The molecule has 0 bridgehead atoms. The number of rotatable bonds is 6. The number of ketones is 2. The molecule has 0 aliphatic heterocycles. The smallest absolute Gasteiger partial charge is 0.203 e. The van der Waals surface area contributed by atoms with E-state index in [4.69, 9.17) is 16.7 Å². The first-order chi connectivity index (χ1) is 8.40. The van der Waals surface area contributed by atoms with E-state index in [1.807, 2.05) is 0 Å². The minimum absolute atomic E-state index is 0.204. The van der Waals surface area contributed by atoms with Crippen LogP contribution in [0.1, 0.15) is 6.92 Å². The van der Waals surface area contributed by atoms with Crippen molar-refractivity contribution in [1.29, 1.82) is 0 Å². The first kappa shape index (κ1) is 15.0. The summed E-state index contributed by atoms with van der Waals surface area (Å²) in [6.45, 7) is 5.32. The highest BCUT2D eigenvalue weighted by atomic mass is 35.5. The van der Waals surface area contributed by atoms with Crippen LogP contribution in [0.25, 0.3) is 0 Å². The van der Waals surface area contributed by atoms with Gasteiger partial charge in [-0.1, -0.05) is 18.2 Å². The van der Waals surface area contributed by atoms with E-state index in [2.05, 4.69) is 11.9 Å². The van der Waals surface area contributed by atoms with E-state index in [1.54, 1.807) is 6.92 Å². The minimum atomic E-state index is -0.590. The summed E-state index contributed by atoms with van der Waals surface area (Å²) < 4.78 is 0. The zero-order chi connectivity index (χ0) is 13.7. The van der Waals surface area contributed by atoms with Crippen LogP contribution in [0.5, 0.6) is 0 Å². The number of carbonyl (C=O) groups is 2. The zero-order valence-electron chi connectivity index (χ0n) is 9.90. The number of nitrogens with one attached hydrogen (secondary N) is 1. The van der Waals surface area contributed by atoms with Crippen LogP contribution in [0.15, 0.2) is 34.4 Å². The Balaban J connectivity index is 2.65. The van der Waals surface area contributed by atoms with Crippen molar-refractivity contribution in [3.8, 4) is 0 Å². The van der Waals surface area contributed by atoms with Crippen molar-refractivity contribution in [1.82, 2.24) is 5.32 Å². The lowest BCUT2D eigenvalue weighted by Crippen LogP contribution is -2.29. The maximum atomic E-state index is 11.7. The third-order valence-corrected chi connectivity index (χ3v) is 3.43. The second kappa shape index (κ2) is 6.78. The highest BCUT2D eigenvalue weighted by Crippen LogP contribution is 2.24. The molecule has 6 heteroatoms. The molecule has 1 aliphatic carbocycles. The van der Waals surface area contributed by atoms with Gasteiger partial charge in [0, 0.05) is 29.5 Å². The standard InChI is InChI=1S/C12H14ClNO3S/c1-7(13)6-18-12-4-10(16)9(3-11(12)17)14-5-8(2)15/h3-4,8,14-15H,1,5-6H2,2H3. The van der Waals surface area contributed by atoms with Crippen LogP contribution >= 0.6 is 23.4 Å². The Morgan fingerprint density at radius 1 is 1.50 bits per heavy atom. The summed E-state index contributed by atoms with van der Waals surface area (Å²) in [5, 5.41) is 12.3. The fourth-order valence-corrected chi connectivity index (χ4v) is 2.07. The van der Waals surface area contributed by atoms with Crippen LogP contribution in [0.2, 0.25) is 0 Å². The summed E-state index contributed by atoms with van der Waals surface area (Å²) in [6.07, 6.45) is 1.93. The quantitative estimate of drug-likeness (QED) is 0.722. The molecule has 4 nitrogen and oxygen atoms in total. The van der Waals surface area contributed by atoms with Crippen molar-refractivity contribution in [2.45, 2.75) is 13.0 Å². The van der Waals surface area contributed by atoms with E-state index in [0.29, 0.717) is 15.7 Å². The molecule has 98 valence electrons. The molecule has 1 aliphatic rings. The largest absolute Gasteiger partial charge is 0.392 e. The van der Waals surface area contributed by atoms with Crippen molar-refractivity contribution in [2.75, 3.05) is 12.3 Å². The van der Waals surface area contributed by atoms with Gasteiger partial charge in [-0.25, -0.2) is 0 Å². The highest BCUT2D eigenvalue weighted by molar-refractivity contribution is 8.04. The molecule has 0 saturated carbocycles. The van der Waals surface area contributed by atoms with E-state index in [0.717, 1.165) is 0 Å². The molecule has 0 aromatic heterocycles. The lowest BCUT2D eigenvalue weighted by atomic mass is 10.1. The molecule has 0 heterocycles. The van der Waals surface area contributed by atoms with Gasteiger partial charge in [-0.3, -0.25) is 9.59 Å². The maximum Gasteiger partial charge on any atom is 0.203 e. The molecule has 18 heavy (non-hydrogen) atoms. The van der Waals surface area contributed by atoms with Gasteiger partial charge in [-0.15, -0.1) is 11.8 Å². The Kier molecular flexibility index (Phi) is 5.65. The molecule has 0 saturated heterocycles. The van der Waals surface area contributed by atoms with Gasteiger partial charge in [0.15, 0.2) is 5.78 Å². The van der Waals surface area contributed by atoms with Gasteiger partial charge in [-0.05, 0) is 6.92 Å². The average molecular weight is 288 g/mol. The summed E-state index contributed by atoms with van der Waals surface area (Å²) in [4.78, 5) is 23.8. The van der Waals surface area contributed by atoms with Gasteiger partial charge in [0.2, 0.25) is 5.78 Å². The van der Waals surface area contributed by atoms with E-state index in [9.17, 15) is 9.59 Å². The van der Waals surface area contributed by atoms with Crippen molar-refractivity contribution >= 4 is 34.9 Å². The van der Waals surface area contributed by atoms with Crippen LogP contribution in [-0.2, 0) is 9.59 Å². The van der Waals surface area contributed by atoms with Crippen molar-refractivity contribution in [3.63, 3.8) is 0 Å². The van der Waals surface area contributed by atoms with Crippen molar-refractivity contribution in [3.05, 3.63) is 34.4 Å². The topological polar surface area (TPSA) is 66.4 Å². The molecule has 0 fully saturated rings. The summed E-state index contributed by atoms with van der Waals surface area (Å²) in [7, 11) is 0. The Morgan fingerprint density at radius 2 is 2.17 bits per heavy atom. The Labute approximate surface area is 115 Å². The SMILES string of the molecule is C=C(Cl)CSC1=CC(=O)C(NCC(C)O)=CC1=O. The third kappa shape index (κ3) is 4.68. The number of aliphatic hydroxyl groups is 1. The zero-order valence-corrected chi connectivity index (χ0v) is 11.5. The van der Waals surface area contributed by atoms with E-state index in [-0.39, 0.29) is 23.8 Å². The van der Waals surface area contributed by atoms with Crippen LogP contribution in [0, 0.1) is 0 Å². The number of hydrogen-bond donors (Lipinski definition) is 2. The molecule has 0 aromatic carbocycles. The summed E-state index contributed by atoms with van der Waals surface area (Å²) >= 11 is 6.78. The monoisotopic (exact) mass is 287 g/mol. The lowest BCUT2D eigenvalue weighted by Gasteiger charge is -2.14. The van der Waals surface area contributed by atoms with Gasteiger partial charge >= 0.3 is 0 Å². The van der Waals surface area contributed by atoms with Gasteiger partial charge in [0.25, 0.3) is 0 Å². The van der Waals surface area contributed by atoms with Crippen LogP contribution in [-0.4, -0.2) is 35.1 Å². The molecule has 1 unspecified atom stereocenters. The van der Waals surface area contributed by atoms with Gasteiger partial charge in [0.05, 0.1) is 16.7 Å². The minimum Gasteiger partial charge on any atom is -0.392 e. The second-order valence-electron chi connectivity index (χ2n) is 3.83. The number of aliphatic hydroxyl groups excluding tert-OH is 1. The fraction of sp³-hybridized carbons (Fsp3) is 0.333. The van der Waals surface area contributed by atoms with E-state index >= 15 is 0 Å². The Bertz CT molecular complexity index is 441. The van der Waals surface area contributed by atoms with E-state index in [1.165, 1.54) is 23.9 Å². The molecule has 0 aromatic rings. The number of thioether (sulfide) groups is 1. The normalized spacial score (nSPS) is 17.1. The Hall–Kier alpha value is -1.04. The molecule has 0 spiro atoms. The lowest BCUT2D eigenvalue weighted by molar-refractivity contribution is -0.115. The number of carbonyl (C=O) groups excluding carboxylic acids is 2. The summed E-state index contributed by atoms with van der Waals surface area (Å²) in [6, 6.07) is 0. The maximum absolute atomic E-state index is 11.7. The molecule has 0 radical (unpaired) electrons. The predicted molar refractivity (Wildman–Crippen MR) is 73.3 cm³/mol. The average Bonchev–Trinajstić information content (AvgIpc) is 2.27. The first-order valence-electron chi connectivity index (χ1n) is 5.30. The van der Waals surface area contributed by atoms with Crippen LogP contribution < -0.4 is 5.32 Å². The van der Waals surface area contributed by atoms with Gasteiger partial charge < -0.3 is 10.4 Å². The number of allylic oxidation sites excluding steroid dienone is 3. The summed E-state index contributed by atoms with van der Waals surface area (Å²) in [5.41, 5.74) is 0.204. The predicted octanol–water partition coefficient (Wildman–Crippen LogP) is 1.36. The highest BCUT2D eigenvalue weighted by Gasteiger charge is 2.20. The van der Waals surface area contributed by atoms with E-state index < -0.39 is 6.10 Å². The molecule has 1 atom stereocenters. The molecular weight excluding hydrogens is 274 g/mol. The summed E-state index contributed by atoms with van der Waals surface area (Å²) in [5.74, 6) is -0.139. The second-order valence-corrected chi connectivity index (χ2v) is 5.38. The first-order valence-corrected chi connectivity index (χ1v) is 6.66. The third-order valence-electron chi connectivity index (χ3n) is 2.02. The molecule has 0 amide bonds. The van der Waals surface area contributed by atoms with Gasteiger partial charge in [-0.2, -0.15) is 0 Å². The Morgan fingerprint density at radius 3 is 2.72 bits per heavy atom. The number of hydrogen-bond acceptors (Lipinski definition) is 5. The fourth-order valence-electron chi connectivity index (χ4n) is 1.21. The van der Waals surface area contributed by atoms with Crippen molar-refractivity contribution < 1.29 is 14.7 Å². The number of halogens is 1. The molecule has 1 rings (SSSR count). The van der Waals surface area contributed by atoms with Crippen LogP contribution in [0.4, 0.5) is 0 Å². The van der Waals surface area contributed by atoms with Gasteiger partial charge in [0.1, 0.15) is 0 Å². The van der Waals surface area contributed by atoms with Crippen LogP contribution in [0.3, 0.4) is 0 Å². The molecule has 2 N–H and O–H groups in total. The molecular formula is C12H14ClNO3S.